The predicted molar refractivity (Wildman–Crippen MR) is 102 cm³/mol. The van der Waals surface area contributed by atoms with E-state index in [1.807, 2.05) is 0 Å². The van der Waals surface area contributed by atoms with Crippen LogP contribution in [0.5, 0.6) is 5.75 Å². The highest BCUT2D eigenvalue weighted by Gasteiger charge is 2.39. The number of benzene rings is 2. The highest BCUT2D eigenvalue weighted by atomic mass is 19.1. The van der Waals surface area contributed by atoms with Gasteiger partial charge in [-0.2, -0.15) is 4.68 Å². The van der Waals surface area contributed by atoms with Crippen LogP contribution >= 0.6 is 0 Å². The molecule has 0 saturated carbocycles. The molecule has 0 amide bonds. The Balaban J connectivity index is 1.94. The molecule has 4 rings (SSSR count). The van der Waals surface area contributed by atoms with Crippen LogP contribution in [0.2, 0.25) is 0 Å². The van der Waals surface area contributed by atoms with Crippen LogP contribution in [0.1, 0.15) is 22.0 Å². The van der Waals surface area contributed by atoms with E-state index in [9.17, 15) is 14.0 Å². The molecule has 1 atom stereocenters. The maximum atomic E-state index is 14.8. The Labute approximate surface area is 170 Å². The number of allylic oxidation sites excluding steroid dienone is 1. The zero-order valence-corrected chi connectivity index (χ0v) is 16.0. The molecule has 0 unspecified atom stereocenters. The van der Waals surface area contributed by atoms with Crippen LogP contribution in [-0.2, 0) is 9.53 Å². The molecular weight excluding hydrogens is 393 g/mol. The smallest absolute Gasteiger partial charge is 0.355 e. The molecule has 2 aromatic carbocycles. The van der Waals surface area contributed by atoms with Gasteiger partial charge in [0.1, 0.15) is 23.3 Å². The molecule has 0 saturated heterocycles. The Bertz CT molecular complexity index is 1160. The monoisotopic (exact) mass is 409 g/mol. The first-order valence-corrected chi connectivity index (χ1v) is 8.85. The van der Waals surface area contributed by atoms with E-state index in [2.05, 4.69) is 20.8 Å². The number of esters is 1. The van der Waals surface area contributed by atoms with Crippen molar-refractivity contribution in [2.75, 3.05) is 19.5 Å². The highest BCUT2D eigenvalue weighted by molar-refractivity contribution is 6.15. The molecule has 1 N–H and O–H groups in total. The van der Waals surface area contributed by atoms with E-state index in [1.165, 1.54) is 37.1 Å². The summed E-state index contributed by atoms with van der Waals surface area (Å²) in [7, 11) is 2.69. The number of halogens is 1. The number of Topliss-reactive ketones (excluding diaryl/α,β-unsaturated/α-hetero) is 1. The molecule has 1 aliphatic heterocycles. The fraction of sp³-hybridized carbons (Fsp3) is 0.150. The maximum absolute atomic E-state index is 14.8. The fourth-order valence-corrected chi connectivity index (χ4v) is 3.27. The number of hydrogen-bond donors (Lipinski definition) is 1. The van der Waals surface area contributed by atoms with Crippen molar-refractivity contribution in [1.82, 2.24) is 20.2 Å². The van der Waals surface area contributed by atoms with Crippen LogP contribution in [0.25, 0.3) is 0 Å². The van der Waals surface area contributed by atoms with Gasteiger partial charge in [-0.3, -0.25) is 4.79 Å². The first kappa shape index (κ1) is 19.2. The van der Waals surface area contributed by atoms with Crippen molar-refractivity contribution in [2.45, 2.75) is 6.04 Å². The van der Waals surface area contributed by atoms with Crippen LogP contribution in [0.15, 0.2) is 59.8 Å². The largest absolute Gasteiger partial charge is 0.497 e. The van der Waals surface area contributed by atoms with Gasteiger partial charge in [0.25, 0.3) is 0 Å². The third kappa shape index (κ3) is 3.17. The van der Waals surface area contributed by atoms with E-state index < -0.39 is 23.6 Å². The van der Waals surface area contributed by atoms with Gasteiger partial charge in [0.2, 0.25) is 5.95 Å². The summed E-state index contributed by atoms with van der Waals surface area (Å²) in [5.41, 5.74) is 0.198. The van der Waals surface area contributed by atoms with E-state index in [1.54, 1.807) is 30.3 Å². The topological polar surface area (TPSA) is 108 Å². The Morgan fingerprint density at radius 1 is 1.10 bits per heavy atom. The third-order valence-corrected chi connectivity index (χ3v) is 4.70. The number of ketones is 1. The molecule has 0 radical (unpaired) electrons. The van der Waals surface area contributed by atoms with E-state index in [-0.39, 0.29) is 28.3 Å². The van der Waals surface area contributed by atoms with Crippen LogP contribution in [-0.4, -0.2) is 46.2 Å². The van der Waals surface area contributed by atoms with Crippen molar-refractivity contribution >= 4 is 17.7 Å². The summed E-state index contributed by atoms with van der Waals surface area (Å²) in [6.07, 6.45) is 0. The molecule has 0 bridgehead atoms. The van der Waals surface area contributed by atoms with E-state index in [0.29, 0.717) is 5.75 Å². The number of hydrogen-bond acceptors (Lipinski definition) is 8. The van der Waals surface area contributed by atoms with Crippen molar-refractivity contribution in [3.8, 4) is 5.75 Å². The minimum absolute atomic E-state index is 0.0445. The van der Waals surface area contributed by atoms with Crippen LogP contribution < -0.4 is 10.1 Å². The van der Waals surface area contributed by atoms with Crippen molar-refractivity contribution in [1.29, 1.82) is 0 Å². The Morgan fingerprint density at radius 3 is 2.50 bits per heavy atom. The van der Waals surface area contributed by atoms with Gasteiger partial charge in [-0.25, -0.2) is 9.18 Å². The Hall–Kier alpha value is -4.08. The minimum atomic E-state index is -1.08. The number of nitrogens with one attached hydrogen (secondary N) is 1. The lowest BCUT2D eigenvalue weighted by Crippen LogP contribution is -2.33. The first-order valence-electron chi connectivity index (χ1n) is 8.85. The predicted octanol–water partition coefficient (Wildman–Crippen LogP) is 2.15. The van der Waals surface area contributed by atoms with Crippen molar-refractivity contribution in [3.63, 3.8) is 0 Å². The Morgan fingerprint density at radius 2 is 1.83 bits per heavy atom. The average Bonchev–Trinajstić information content (AvgIpc) is 3.26. The molecule has 0 fully saturated rings. The van der Waals surface area contributed by atoms with Crippen molar-refractivity contribution in [2.24, 2.45) is 0 Å². The molecule has 0 spiro atoms. The SMILES string of the molecule is COC(=O)C1=C(C(=O)c2ccc(OC)cc2)[C@@H](c2ccccc2F)n2nnnc2N1. The highest BCUT2D eigenvalue weighted by Crippen LogP contribution is 2.37. The van der Waals surface area contributed by atoms with Gasteiger partial charge in [0, 0.05) is 11.1 Å². The lowest BCUT2D eigenvalue weighted by Gasteiger charge is -2.28. The molecular formula is C20H16FN5O4. The van der Waals surface area contributed by atoms with Gasteiger partial charge >= 0.3 is 5.97 Å². The zero-order chi connectivity index (χ0) is 21.3. The zero-order valence-electron chi connectivity index (χ0n) is 16.0. The molecule has 9 nitrogen and oxygen atoms in total. The van der Waals surface area contributed by atoms with Gasteiger partial charge in [-0.15, -0.1) is 0 Å². The summed E-state index contributed by atoms with van der Waals surface area (Å²) in [6, 6.07) is 11.2. The number of carbonyl (C=O) groups is 2. The molecule has 10 heteroatoms. The van der Waals surface area contributed by atoms with Gasteiger partial charge in [0.05, 0.1) is 19.8 Å². The quantitative estimate of drug-likeness (QED) is 0.504. The number of methoxy groups -OCH3 is 2. The van der Waals surface area contributed by atoms with Crippen LogP contribution in [0, 0.1) is 5.82 Å². The number of fused-ring (bicyclic) bond motifs is 1. The number of aromatic nitrogens is 4. The molecule has 152 valence electrons. The molecule has 3 aromatic rings. The minimum Gasteiger partial charge on any atom is -0.497 e. The summed E-state index contributed by atoms with van der Waals surface area (Å²) >= 11 is 0. The lowest BCUT2D eigenvalue weighted by molar-refractivity contribution is -0.136. The van der Waals surface area contributed by atoms with Gasteiger partial charge in [-0.1, -0.05) is 23.3 Å². The van der Waals surface area contributed by atoms with E-state index >= 15 is 0 Å². The normalized spacial score (nSPS) is 15.2. The van der Waals surface area contributed by atoms with Crippen LogP contribution in [0.4, 0.5) is 10.3 Å². The van der Waals surface area contributed by atoms with Crippen LogP contribution in [0.3, 0.4) is 0 Å². The second-order valence-electron chi connectivity index (χ2n) is 6.33. The van der Waals surface area contributed by atoms with Gasteiger partial charge in [0.15, 0.2) is 5.78 Å². The summed E-state index contributed by atoms with van der Waals surface area (Å²) in [6.45, 7) is 0. The second-order valence-corrected chi connectivity index (χ2v) is 6.33. The number of rotatable bonds is 5. The van der Waals surface area contributed by atoms with E-state index in [4.69, 9.17) is 9.47 Å². The summed E-state index contributed by atoms with van der Waals surface area (Å²) in [5, 5.41) is 14.0. The molecule has 1 aromatic heterocycles. The van der Waals surface area contributed by atoms with Gasteiger partial charge < -0.3 is 14.8 Å². The third-order valence-electron chi connectivity index (χ3n) is 4.70. The second kappa shape index (κ2) is 7.74. The Kier molecular flexibility index (Phi) is 4.97. The van der Waals surface area contributed by atoms with Crippen molar-refractivity contribution < 1.29 is 23.5 Å². The molecule has 2 heterocycles. The summed E-state index contributed by atoms with van der Waals surface area (Å²) < 4.78 is 26.0. The summed E-state index contributed by atoms with van der Waals surface area (Å²) in [4.78, 5) is 26.0. The first-order chi connectivity index (χ1) is 14.5. The molecule has 1 aliphatic rings. The molecule has 0 aliphatic carbocycles. The number of nitrogens with zero attached hydrogens (tertiary/aromatic N) is 4. The lowest BCUT2D eigenvalue weighted by atomic mass is 9.89. The van der Waals surface area contributed by atoms with E-state index in [0.717, 1.165) is 0 Å². The average molecular weight is 409 g/mol. The van der Waals surface area contributed by atoms with Gasteiger partial charge in [-0.05, 0) is 40.8 Å². The maximum Gasteiger partial charge on any atom is 0.355 e. The number of anilines is 1. The standard InChI is InChI=1S/C20H16FN5O4/c1-29-12-9-7-11(8-10-12)18(27)15-16(19(28)30-2)22-20-23-24-25-26(20)17(15)13-5-3-4-6-14(13)21/h3-10,17H,1-2H3,(H,22,23,25)/t17-/m1/s1. The number of tetrazole rings is 1. The number of ether oxygens (including phenoxy) is 2. The summed E-state index contributed by atoms with van der Waals surface area (Å²) in [5.74, 6) is -1.25. The van der Waals surface area contributed by atoms with Crippen molar-refractivity contribution in [3.05, 3.63) is 76.7 Å². The number of carbonyl (C=O) groups excluding carboxylic acids is 2. The molecule has 30 heavy (non-hydrogen) atoms. The fourth-order valence-electron chi connectivity index (χ4n) is 3.27.